The Kier molecular flexibility index (Phi) is 4.43. The third-order valence-corrected chi connectivity index (χ3v) is 2.32. The van der Waals surface area contributed by atoms with Crippen molar-refractivity contribution in [2.24, 2.45) is 0 Å². The molecular formula is C11H14ClNO3. The molecule has 16 heavy (non-hydrogen) atoms. The number of fused-ring (bicyclic) bond motifs is 1. The Hall–Kier alpha value is -1.42. The van der Waals surface area contributed by atoms with Crippen LogP contribution in [0.2, 0.25) is 0 Å². The van der Waals surface area contributed by atoms with Gasteiger partial charge in [0.15, 0.2) is 0 Å². The first-order valence-electron chi connectivity index (χ1n) is 4.86. The van der Waals surface area contributed by atoms with Crippen LogP contribution in [0.15, 0.2) is 24.3 Å². The van der Waals surface area contributed by atoms with E-state index in [9.17, 15) is 4.79 Å². The van der Waals surface area contributed by atoms with Gasteiger partial charge >= 0.3 is 5.97 Å². The van der Waals surface area contributed by atoms with Crippen LogP contribution in [-0.4, -0.2) is 25.7 Å². The van der Waals surface area contributed by atoms with Gasteiger partial charge in [0.1, 0.15) is 11.9 Å². The molecule has 0 radical (unpaired) electrons. The molecule has 1 aromatic carbocycles. The second-order valence-electron chi connectivity index (χ2n) is 3.40. The van der Waals surface area contributed by atoms with Gasteiger partial charge in [-0.2, -0.15) is 0 Å². The Morgan fingerprint density at radius 1 is 1.56 bits per heavy atom. The fourth-order valence-electron chi connectivity index (χ4n) is 1.54. The number of carbonyl (C=O) groups excluding carboxylic acids is 1. The molecule has 1 aromatic rings. The maximum Gasteiger partial charge on any atom is 0.309 e. The quantitative estimate of drug-likeness (QED) is 0.806. The number of carbonyl (C=O) groups is 1. The standard InChI is InChI=1S/C11H13NO3.ClH/c1-14-11(13)6-8-7-12-9-4-2-3-5-10(9)15-8;/h2-5,8,12H,6-7H2,1H3;1H. The van der Waals surface area contributed by atoms with Gasteiger partial charge in [0.2, 0.25) is 0 Å². The molecule has 0 aliphatic carbocycles. The first-order chi connectivity index (χ1) is 7.29. The van der Waals surface area contributed by atoms with Crippen molar-refractivity contribution in [3.05, 3.63) is 24.3 Å². The number of para-hydroxylation sites is 2. The second kappa shape index (κ2) is 5.61. The largest absolute Gasteiger partial charge is 0.486 e. The lowest BCUT2D eigenvalue weighted by atomic mass is 10.2. The lowest BCUT2D eigenvalue weighted by Crippen LogP contribution is -2.33. The van der Waals surface area contributed by atoms with Crippen LogP contribution in [0.1, 0.15) is 6.42 Å². The van der Waals surface area contributed by atoms with Gasteiger partial charge in [-0.05, 0) is 12.1 Å². The number of hydrogen-bond acceptors (Lipinski definition) is 4. The fraction of sp³-hybridized carbons (Fsp3) is 0.364. The van der Waals surface area contributed by atoms with Crippen molar-refractivity contribution >= 4 is 24.1 Å². The smallest absolute Gasteiger partial charge is 0.309 e. The monoisotopic (exact) mass is 243 g/mol. The van der Waals surface area contributed by atoms with Gasteiger partial charge in [-0.1, -0.05) is 12.1 Å². The van der Waals surface area contributed by atoms with Crippen molar-refractivity contribution in [1.82, 2.24) is 0 Å². The summed E-state index contributed by atoms with van der Waals surface area (Å²) in [5.41, 5.74) is 0.971. The molecule has 1 aliphatic rings. The van der Waals surface area contributed by atoms with E-state index in [0.29, 0.717) is 6.54 Å². The molecule has 1 heterocycles. The first kappa shape index (κ1) is 12.6. The fourth-order valence-corrected chi connectivity index (χ4v) is 1.54. The highest BCUT2D eigenvalue weighted by Crippen LogP contribution is 2.28. The first-order valence-corrected chi connectivity index (χ1v) is 4.86. The third kappa shape index (κ3) is 2.79. The number of ether oxygens (including phenoxy) is 2. The van der Waals surface area contributed by atoms with Gasteiger partial charge in [0.25, 0.3) is 0 Å². The highest BCUT2D eigenvalue weighted by Gasteiger charge is 2.21. The van der Waals surface area contributed by atoms with E-state index in [1.807, 2.05) is 24.3 Å². The van der Waals surface area contributed by atoms with Crippen LogP contribution in [0.3, 0.4) is 0 Å². The normalized spacial score (nSPS) is 17.2. The van der Waals surface area contributed by atoms with E-state index in [1.165, 1.54) is 7.11 Å². The van der Waals surface area contributed by atoms with Gasteiger partial charge in [-0.3, -0.25) is 4.79 Å². The Labute approximate surface area is 100 Å². The zero-order valence-corrected chi connectivity index (χ0v) is 9.75. The van der Waals surface area contributed by atoms with Crippen molar-refractivity contribution in [2.45, 2.75) is 12.5 Å². The maximum atomic E-state index is 11.1. The number of nitrogens with one attached hydrogen (secondary N) is 1. The molecule has 1 aliphatic heterocycles. The summed E-state index contributed by atoms with van der Waals surface area (Å²) in [4.78, 5) is 11.1. The summed E-state index contributed by atoms with van der Waals surface area (Å²) in [7, 11) is 1.38. The maximum absolute atomic E-state index is 11.1. The van der Waals surface area contributed by atoms with E-state index in [4.69, 9.17) is 4.74 Å². The van der Waals surface area contributed by atoms with Crippen LogP contribution < -0.4 is 10.1 Å². The minimum atomic E-state index is -0.249. The van der Waals surface area contributed by atoms with Gasteiger partial charge in [0.05, 0.1) is 25.8 Å². The minimum absolute atomic E-state index is 0. The van der Waals surface area contributed by atoms with Crippen molar-refractivity contribution < 1.29 is 14.3 Å². The molecule has 88 valence electrons. The van der Waals surface area contributed by atoms with Gasteiger partial charge in [0, 0.05) is 0 Å². The number of halogens is 1. The number of hydrogen-bond donors (Lipinski definition) is 1. The lowest BCUT2D eigenvalue weighted by molar-refractivity contribution is -0.142. The van der Waals surface area contributed by atoms with Gasteiger partial charge < -0.3 is 14.8 Å². The van der Waals surface area contributed by atoms with E-state index in [2.05, 4.69) is 10.1 Å². The second-order valence-corrected chi connectivity index (χ2v) is 3.40. The van der Waals surface area contributed by atoms with Crippen LogP contribution in [0.4, 0.5) is 5.69 Å². The van der Waals surface area contributed by atoms with Crippen molar-refractivity contribution in [3.8, 4) is 5.75 Å². The topological polar surface area (TPSA) is 47.6 Å². The predicted molar refractivity (Wildman–Crippen MR) is 63.2 cm³/mol. The number of esters is 1. The molecular weight excluding hydrogens is 230 g/mol. The molecule has 2 rings (SSSR count). The summed E-state index contributed by atoms with van der Waals surface area (Å²) < 4.78 is 10.2. The Bertz CT molecular complexity index is 370. The van der Waals surface area contributed by atoms with Gasteiger partial charge in [-0.25, -0.2) is 0 Å². The van der Waals surface area contributed by atoms with E-state index < -0.39 is 0 Å². The Morgan fingerprint density at radius 3 is 3.06 bits per heavy atom. The molecule has 5 heteroatoms. The van der Waals surface area contributed by atoms with E-state index in [-0.39, 0.29) is 30.9 Å². The molecule has 1 N–H and O–H groups in total. The third-order valence-electron chi connectivity index (χ3n) is 2.32. The van der Waals surface area contributed by atoms with E-state index in [1.54, 1.807) is 0 Å². The van der Waals surface area contributed by atoms with E-state index in [0.717, 1.165) is 11.4 Å². The zero-order valence-electron chi connectivity index (χ0n) is 8.93. The van der Waals surface area contributed by atoms with E-state index >= 15 is 0 Å². The van der Waals surface area contributed by atoms with Crippen molar-refractivity contribution in [3.63, 3.8) is 0 Å². The van der Waals surface area contributed by atoms with Crippen LogP contribution in [0.5, 0.6) is 5.75 Å². The molecule has 0 saturated heterocycles. The lowest BCUT2D eigenvalue weighted by Gasteiger charge is -2.26. The van der Waals surface area contributed by atoms with Crippen molar-refractivity contribution in [2.75, 3.05) is 19.0 Å². The summed E-state index contributed by atoms with van der Waals surface area (Å²) in [6.07, 6.45) is 0.130. The predicted octanol–water partition coefficient (Wildman–Crippen LogP) is 1.84. The van der Waals surface area contributed by atoms with Crippen molar-refractivity contribution in [1.29, 1.82) is 0 Å². The highest BCUT2D eigenvalue weighted by molar-refractivity contribution is 5.85. The SMILES string of the molecule is COC(=O)CC1CNc2ccccc2O1.Cl. The minimum Gasteiger partial charge on any atom is -0.486 e. The molecule has 0 bridgehead atoms. The molecule has 0 fully saturated rings. The number of rotatable bonds is 2. The Morgan fingerprint density at radius 2 is 2.31 bits per heavy atom. The molecule has 1 atom stereocenters. The summed E-state index contributed by atoms with van der Waals surface area (Å²) in [5, 5.41) is 3.21. The zero-order chi connectivity index (χ0) is 10.7. The molecule has 0 amide bonds. The summed E-state index contributed by atoms with van der Waals surface area (Å²) >= 11 is 0. The average molecular weight is 244 g/mol. The van der Waals surface area contributed by atoms with Crippen LogP contribution in [0, 0.1) is 0 Å². The molecule has 0 spiro atoms. The molecule has 1 unspecified atom stereocenters. The number of benzene rings is 1. The van der Waals surface area contributed by atoms with Gasteiger partial charge in [-0.15, -0.1) is 12.4 Å². The summed E-state index contributed by atoms with van der Waals surface area (Å²) in [5.74, 6) is 0.541. The van der Waals surface area contributed by atoms with Crippen LogP contribution in [0.25, 0.3) is 0 Å². The van der Waals surface area contributed by atoms with Crippen LogP contribution >= 0.6 is 12.4 Å². The average Bonchev–Trinajstić information content (AvgIpc) is 2.29. The van der Waals surface area contributed by atoms with Crippen LogP contribution in [-0.2, 0) is 9.53 Å². The number of methoxy groups -OCH3 is 1. The highest BCUT2D eigenvalue weighted by atomic mass is 35.5. The molecule has 0 saturated carbocycles. The molecule has 0 aromatic heterocycles. The number of anilines is 1. The summed E-state index contributed by atoms with van der Waals surface area (Å²) in [6.45, 7) is 0.631. The summed E-state index contributed by atoms with van der Waals surface area (Å²) in [6, 6.07) is 7.67. The molecule has 4 nitrogen and oxygen atoms in total. The Balaban J connectivity index is 0.00000128.